The molecule has 1 aromatic carbocycles. The molecule has 116 valence electrons. The molecule has 1 amide bonds. The molecule has 0 aliphatic carbocycles. The number of hydrogen-bond donors (Lipinski definition) is 1. The number of aryl methyl sites for hydroxylation is 1. The van der Waals surface area contributed by atoms with Gasteiger partial charge < -0.3 is 9.88 Å². The number of hydrogen-bond acceptors (Lipinski definition) is 3. The summed E-state index contributed by atoms with van der Waals surface area (Å²) < 4.78 is 2.22. The van der Waals surface area contributed by atoms with E-state index in [-0.39, 0.29) is 5.91 Å². The molecule has 5 heteroatoms. The molecular formula is C17H22N4O. The van der Waals surface area contributed by atoms with Crippen LogP contribution in [0, 0.1) is 0 Å². The maximum Gasteiger partial charge on any atom is 0.224 e. The Kier molecular flexibility index (Phi) is 4.51. The summed E-state index contributed by atoms with van der Waals surface area (Å²) in [6, 6.07) is 7.87. The lowest BCUT2D eigenvalue weighted by Crippen LogP contribution is -2.10. The van der Waals surface area contributed by atoms with E-state index >= 15 is 0 Å². The Labute approximate surface area is 130 Å². The Morgan fingerprint density at radius 2 is 2.18 bits per heavy atom. The highest BCUT2D eigenvalue weighted by molar-refractivity contribution is 5.91. The van der Waals surface area contributed by atoms with Gasteiger partial charge in [-0.25, -0.2) is 0 Å². The molecule has 5 nitrogen and oxygen atoms in total. The Morgan fingerprint density at radius 1 is 1.27 bits per heavy atom. The number of anilines is 1. The van der Waals surface area contributed by atoms with Gasteiger partial charge in [-0.3, -0.25) is 4.79 Å². The van der Waals surface area contributed by atoms with E-state index in [9.17, 15) is 4.79 Å². The van der Waals surface area contributed by atoms with Crippen LogP contribution in [-0.4, -0.2) is 20.7 Å². The van der Waals surface area contributed by atoms with Gasteiger partial charge in [0.25, 0.3) is 0 Å². The second-order valence-corrected chi connectivity index (χ2v) is 5.78. The summed E-state index contributed by atoms with van der Waals surface area (Å²) in [6.07, 6.45) is 6.00. The van der Waals surface area contributed by atoms with Gasteiger partial charge in [0.1, 0.15) is 5.82 Å². The fourth-order valence-electron chi connectivity index (χ4n) is 2.89. The molecule has 0 atom stereocenters. The van der Waals surface area contributed by atoms with Gasteiger partial charge in [0.15, 0.2) is 5.82 Å². The Morgan fingerprint density at radius 3 is 3.05 bits per heavy atom. The summed E-state index contributed by atoms with van der Waals surface area (Å²) in [7, 11) is 0. The first-order chi connectivity index (χ1) is 10.8. The van der Waals surface area contributed by atoms with Crippen molar-refractivity contribution in [1.82, 2.24) is 14.8 Å². The fourth-order valence-corrected chi connectivity index (χ4v) is 2.89. The quantitative estimate of drug-likeness (QED) is 0.941. The van der Waals surface area contributed by atoms with Crippen molar-refractivity contribution in [2.75, 3.05) is 5.32 Å². The second kappa shape index (κ2) is 6.73. The van der Waals surface area contributed by atoms with Crippen LogP contribution in [0.15, 0.2) is 24.3 Å². The van der Waals surface area contributed by atoms with Crippen molar-refractivity contribution in [3.05, 3.63) is 30.1 Å². The van der Waals surface area contributed by atoms with Crippen LogP contribution in [0.1, 0.15) is 44.9 Å². The van der Waals surface area contributed by atoms with E-state index in [0.717, 1.165) is 42.3 Å². The average Bonchev–Trinajstić information content (AvgIpc) is 2.76. The van der Waals surface area contributed by atoms with Gasteiger partial charge in [0.05, 0.1) is 0 Å². The minimum atomic E-state index is 0.0553. The largest absolute Gasteiger partial charge is 0.326 e. The van der Waals surface area contributed by atoms with Gasteiger partial charge in [-0.2, -0.15) is 0 Å². The molecule has 22 heavy (non-hydrogen) atoms. The molecule has 0 saturated heterocycles. The van der Waals surface area contributed by atoms with Crippen LogP contribution in [0.4, 0.5) is 5.69 Å². The Balaban J connectivity index is 1.86. The summed E-state index contributed by atoms with van der Waals surface area (Å²) in [5, 5.41) is 11.6. The minimum absolute atomic E-state index is 0.0553. The molecule has 2 aromatic rings. The molecule has 0 fully saturated rings. The van der Waals surface area contributed by atoms with Crippen LogP contribution < -0.4 is 5.32 Å². The third kappa shape index (κ3) is 3.18. The van der Waals surface area contributed by atoms with Crippen LogP contribution >= 0.6 is 0 Å². The average molecular weight is 298 g/mol. The maximum atomic E-state index is 11.7. The van der Waals surface area contributed by atoms with E-state index in [2.05, 4.69) is 20.1 Å². The molecule has 0 radical (unpaired) electrons. The summed E-state index contributed by atoms with van der Waals surface area (Å²) in [6.45, 7) is 2.98. The number of fused-ring (bicyclic) bond motifs is 1. The number of amides is 1. The first-order valence-corrected chi connectivity index (χ1v) is 8.10. The molecule has 0 saturated carbocycles. The highest BCUT2D eigenvalue weighted by Gasteiger charge is 2.16. The van der Waals surface area contributed by atoms with E-state index in [0.29, 0.717) is 6.42 Å². The van der Waals surface area contributed by atoms with Crippen molar-refractivity contribution in [3.8, 4) is 11.4 Å². The van der Waals surface area contributed by atoms with Gasteiger partial charge >= 0.3 is 0 Å². The zero-order chi connectivity index (χ0) is 15.4. The Hall–Kier alpha value is -2.17. The van der Waals surface area contributed by atoms with Gasteiger partial charge in [-0.05, 0) is 31.4 Å². The topological polar surface area (TPSA) is 59.8 Å². The third-order valence-electron chi connectivity index (χ3n) is 3.99. The maximum absolute atomic E-state index is 11.7. The molecule has 0 unspecified atom stereocenters. The fraction of sp³-hybridized carbons (Fsp3) is 0.471. The first kappa shape index (κ1) is 14.8. The normalized spacial score (nSPS) is 14.2. The standard InChI is InChI=1S/C17H22N4O/c1-2-7-16(22)18-14-9-6-8-13(12-14)17-20-19-15-10-4-3-5-11-21(15)17/h6,8-9,12H,2-5,7,10-11H2,1H3,(H,18,22). The van der Waals surface area contributed by atoms with Crippen molar-refractivity contribution < 1.29 is 4.79 Å². The predicted octanol–water partition coefficient (Wildman–Crippen LogP) is 3.41. The van der Waals surface area contributed by atoms with Crippen LogP contribution in [0.3, 0.4) is 0 Å². The lowest BCUT2D eigenvalue weighted by Gasteiger charge is -2.09. The van der Waals surface area contributed by atoms with Gasteiger partial charge in [0, 0.05) is 30.6 Å². The molecule has 2 heterocycles. The zero-order valence-electron chi connectivity index (χ0n) is 13.0. The van der Waals surface area contributed by atoms with Crippen molar-refractivity contribution in [2.45, 2.75) is 52.0 Å². The molecule has 3 rings (SSSR count). The molecular weight excluding hydrogens is 276 g/mol. The van der Waals surface area contributed by atoms with Crippen LogP contribution in [-0.2, 0) is 17.8 Å². The number of nitrogens with zero attached hydrogens (tertiary/aromatic N) is 3. The number of carbonyl (C=O) groups excluding carboxylic acids is 1. The number of carbonyl (C=O) groups is 1. The van der Waals surface area contributed by atoms with Crippen molar-refractivity contribution in [1.29, 1.82) is 0 Å². The summed E-state index contributed by atoms with van der Waals surface area (Å²) in [5.74, 6) is 2.04. The van der Waals surface area contributed by atoms with Crippen molar-refractivity contribution in [2.24, 2.45) is 0 Å². The van der Waals surface area contributed by atoms with Gasteiger partial charge in [-0.1, -0.05) is 25.5 Å². The lowest BCUT2D eigenvalue weighted by molar-refractivity contribution is -0.116. The van der Waals surface area contributed by atoms with E-state index < -0.39 is 0 Å². The minimum Gasteiger partial charge on any atom is -0.326 e. The van der Waals surface area contributed by atoms with Crippen molar-refractivity contribution in [3.63, 3.8) is 0 Å². The van der Waals surface area contributed by atoms with Gasteiger partial charge in [-0.15, -0.1) is 10.2 Å². The number of benzene rings is 1. The lowest BCUT2D eigenvalue weighted by atomic mass is 10.1. The van der Waals surface area contributed by atoms with Crippen molar-refractivity contribution >= 4 is 11.6 Å². The van der Waals surface area contributed by atoms with E-state index in [1.165, 1.54) is 19.3 Å². The van der Waals surface area contributed by atoms with E-state index in [1.54, 1.807) is 0 Å². The predicted molar refractivity (Wildman–Crippen MR) is 86.6 cm³/mol. The molecule has 0 spiro atoms. The van der Waals surface area contributed by atoms with Gasteiger partial charge in [0.2, 0.25) is 5.91 Å². The monoisotopic (exact) mass is 298 g/mol. The molecule has 1 aliphatic heterocycles. The summed E-state index contributed by atoms with van der Waals surface area (Å²) in [5.41, 5.74) is 1.83. The SMILES string of the molecule is CCCC(=O)Nc1cccc(-c2nnc3n2CCCCC3)c1. The smallest absolute Gasteiger partial charge is 0.224 e. The number of rotatable bonds is 4. The molecule has 1 aliphatic rings. The molecule has 0 bridgehead atoms. The summed E-state index contributed by atoms with van der Waals surface area (Å²) >= 11 is 0. The first-order valence-electron chi connectivity index (χ1n) is 8.10. The highest BCUT2D eigenvalue weighted by atomic mass is 16.1. The molecule has 1 aromatic heterocycles. The summed E-state index contributed by atoms with van der Waals surface area (Å²) in [4.78, 5) is 11.7. The third-order valence-corrected chi connectivity index (χ3v) is 3.99. The highest BCUT2D eigenvalue weighted by Crippen LogP contribution is 2.24. The number of aromatic nitrogens is 3. The number of nitrogens with one attached hydrogen (secondary N) is 1. The Bertz CT molecular complexity index is 662. The van der Waals surface area contributed by atoms with Crippen LogP contribution in [0.2, 0.25) is 0 Å². The zero-order valence-corrected chi connectivity index (χ0v) is 13.0. The van der Waals surface area contributed by atoms with E-state index in [4.69, 9.17) is 0 Å². The van der Waals surface area contributed by atoms with Crippen LogP contribution in [0.25, 0.3) is 11.4 Å². The second-order valence-electron chi connectivity index (χ2n) is 5.78. The molecule has 1 N–H and O–H groups in total. The van der Waals surface area contributed by atoms with Crippen LogP contribution in [0.5, 0.6) is 0 Å². The van der Waals surface area contributed by atoms with E-state index in [1.807, 2.05) is 31.2 Å².